The Hall–Kier alpha value is -0.550. The molecule has 0 saturated carbocycles. The topological polar surface area (TPSA) is 38.1 Å². The molecule has 0 fully saturated rings. The molecule has 2 heterocycles. The molecule has 6 heteroatoms. The molecule has 16 heavy (non-hydrogen) atoms. The van der Waals surface area contributed by atoms with Crippen molar-refractivity contribution in [2.45, 2.75) is 19.5 Å². The SMILES string of the molecule is CC(NCc1ccon1)c1cc(Cl)sc1Cl. The van der Waals surface area contributed by atoms with Gasteiger partial charge in [0.2, 0.25) is 0 Å². The lowest BCUT2D eigenvalue weighted by Crippen LogP contribution is -2.17. The minimum atomic E-state index is 0.132. The van der Waals surface area contributed by atoms with Gasteiger partial charge in [-0.1, -0.05) is 28.4 Å². The summed E-state index contributed by atoms with van der Waals surface area (Å²) in [7, 11) is 0. The average molecular weight is 277 g/mol. The van der Waals surface area contributed by atoms with Crippen LogP contribution in [0.1, 0.15) is 24.2 Å². The van der Waals surface area contributed by atoms with Gasteiger partial charge in [0, 0.05) is 18.7 Å². The van der Waals surface area contributed by atoms with Crippen LogP contribution in [0.3, 0.4) is 0 Å². The Morgan fingerprint density at radius 3 is 2.94 bits per heavy atom. The number of hydrogen-bond acceptors (Lipinski definition) is 4. The molecular weight excluding hydrogens is 267 g/mol. The van der Waals surface area contributed by atoms with E-state index >= 15 is 0 Å². The molecule has 1 N–H and O–H groups in total. The van der Waals surface area contributed by atoms with E-state index in [2.05, 4.69) is 10.5 Å². The summed E-state index contributed by atoms with van der Waals surface area (Å²) in [6, 6.07) is 3.84. The van der Waals surface area contributed by atoms with Gasteiger partial charge < -0.3 is 9.84 Å². The number of thiophene rings is 1. The lowest BCUT2D eigenvalue weighted by Gasteiger charge is -2.11. The number of halogens is 2. The molecule has 3 nitrogen and oxygen atoms in total. The minimum Gasteiger partial charge on any atom is -0.364 e. The maximum absolute atomic E-state index is 6.06. The number of aromatic nitrogens is 1. The van der Waals surface area contributed by atoms with E-state index in [0.29, 0.717) is 10.9 Å². The molecule has 86 valence electrons. The highest BCUT2D eigenvalue weighted by molar-refractivity contribution is 7.20. The lowest BCUT2D eigenvalue weighted by atomic mass is 10.2. The summed E-state index contributed by atoms with van der Waals surface area (Å²) in [4.78, 5) is 0. The summed E-state index contributed by atoms with van der Waals surface area (Å²) in [5.74, 6) is 0. The molecule has 0 radical (unpaired) electrons. The predicted molar refractivity (Wildman–Crippen MR) is 66.1 cm³/mol. The Balaban J connectivity index is 1.98. The van der Waals surface area contributed by atoms with Crippen LogP contribution in [0.2, 0.25) is 8.67 Å². The third-order valence-electron chi connectivity index (χ3n) is 2.23. The summed E-state index contributed by atoms with van der Waals surface area (Å²) in [6.45, 7) is 2.67. The van der Waals surface area contributed by atoms with Crippen molar-refractivity contribution in [1.29, 1.82) is 0 Å². The Morgan fingerprint density at radius 2 is 2.38 bits per heavy atom. The second-order valence-corrected chi connectivity index (χ2v) is 5.66. The fourth-order valence-electron chi connectivity index (χ4n) is 1.34. The average Bonchev–Trinajstić information content (AvgIpc) is 2.84. The maximum atomic E-state index is 6.06. The molecule has 0 amide bonds. The Morgan fingerprint density at radius 1 is 1.56 bits per heavy atom. The van der Waals surface area contributed by atoms with Crippen LogP contribution in [0.15, 0.2) is 22.9 Å². The van der Waals surface area contributed by atoms with Crippen LogP contribution >= 0.6 is 34.5 Å². The molecular formula is C10H10Cl2N2OS. The van der Waals surface area contributed by atoms with Crippen LogP contribution in [0, 0.1) is 0 Å². The molecule has 0 spiro atoms. The lowest BCUT2D eigenvalue weighted by molar-refractivity contribution is 0.406. The van der Waals surface area contributed by atoms with Crippen molar-refractivity contribution < 1.29 is 4.52 Å². The third kappa shape index (κ3) is 2.77. The zero-order chi connectivity index (χ0) is 11.5. The summed E-state index contributed by atoms with van der Waals surface area (Å²) >= 11 is 13.3. The van der Waals surface area contributed by atoms with Crippen molar-refractivity contribution in [3.8, 4) is 0 Å². The fraction of sp³-hybridized carbons (Fsp3) is 0.300. The van der Waals surface area contributed by atoms with Crippen LogP contribution in [-0.4, -0.2) is 5.16 Å². The molecule has 2 aromatic heterocycles. The van der Waals surface area contributed by atoms with Gasteiger partial charge in [-0.15, -0.1) is 11.3 Å². The quantitative estimate of drug-likeness (QED) is 0.921. The van der Waals surface area contributed by atoms with E-state index in [-0.39, 0.29) is 6.04 Å². The zero-order valence-electron chi connectivity index (χ0n) is 8.54. The second-order valence-electron chi connectivity index (χ2n) is 3.37. The smallest absolute Gasteiger partial charge is 0.124 e. The van der Waals surface area contributed by atoms with Gasteiger partial charge in [-0.3, -0.25) is 0 Å². The van der Waals surface area contributed by atoms with Crippen LogP contribution in [-0.2, 0) is 6.54 Å². The van der Waals surface area contributed by atoms with Gasteiger partial charge >= 0.3 is 0 Å². The summed E-state index contributed by atoms with van der Waals surface area (Å²) in [5, 5.41) is 7.11. The number of rotatable bonds is 4. The van der Waals surface area contributed by atoms with E-state index in [1.807, 2.05) is 19.1 Å². The molecule has 0 aliphatic heterocycles. The van der Waals surface area contributed by atoms with E-state index in [1.54, 1.807) is 6.26 Å². The Labute approximate surface area is 107 Å². The van der Waals surface area contributed by atoms with Gasteiger partial charge in [0.15, 0.2) is 0 Å². The van der Waals surface area contributed by atoms with E-state index in [0.717, 1.165) is 15.6 Å². The van der Waals surface area contributed by atoms with Gasteiger partial charge in [0.25, 0.3) is 0 Å². The van der Waals surface area contributed by atoms with Crippen LogP contribution in [0.25, 0.3) is 0 Å². The molecule has 2 aromatic rings. The van der Waals surface area contributed by atoms with Gasteiger partial charge in [-0.05, 0) is 18.6 Å². The van der Waals surface area contributed by atoms with E-state index < -0.39 is 0 Å². The molecule has 1 atom stereocenters. The second kappa shape index (κ2) is 5.19. The van der Waals surface area contributed by atoms with Crippen LogP contribution in [0.5, 0.6) is 0 Å². The first-order valence-corrected chi connectivity index (χ1v) is 6.31. The van der Waals surface area contributed by atoms with Crippen molar-refractivity contribution in [3.63, 3.8) is 0 Å². The highest BCUT2D eigenvalue weighted by Crippen LogP contribution is 2.34. The van der Waals surface area contributed by atoms with Gasteiger partial charge in [0.05, 0.1) is 14.4 Å². The molecule has 1 unspecified atom stereocenters. The fourth-order valence-corrected chi connectivity index (χ4v) is 2.99. The highest BCUT2D eigenvalue weighted by Gasteiger charge is 2.13. The minimum absolute atomic E-state index is 0.132. The van der Waals surface area contributed by atoms with E-state index in [1.165, 1.54) is 11.3 Å². The van der Waals surface area contributed by atoms with E-state index in [9.17, 15) is 0 Å². The van der Waals surface area contributed by atoms with Crippen molar-refractivity contribution in [2.75, 3.05) is 0 Å². The summed E-state index contributed by atoms with van der Waals surface area (Å²) < 4.78 is 6.18. The first kappa shape index (κ1) is 11.9. The Kier molecular flexibility index (Phi) is 3.86. The predicted octanol–water partition coefficient (Wildman–Crippen LogP) is 3.89. The third-order valence-corrected chi connectivity index (χ3v) is 3.75. The number of hydrogen-bond donors (Lipinski definition) is 1. The summed E-state index contributed by atoms with van der Waals surface area (Å²) in [6.07, 6.45) is 1.55. The standard InChI is InChI=1S/C10H10Cl2N2OS/c1-6(8-4-9(11)16-10(8)12)13-5-7-2-3-15-14-7/h2-4,6,13H,5H2,1H3. The molecule has 2 rings (SSSR count). The molecule has 0 saturated heterocycles. The molecule has 0 aliphatic carbocycles. The summed E-state index contributed by atoms with van der Waals surface area (Å²) in [5.41, 5.74) is 1.88. The van der Waals surface area contributed by atoms with Crippen molar-refractivity contribution in [3.05, 3.63) is 38.3 Å². The molecule has 0 aromatic carbocycles. The monoisotopic (exact) mass is 276 g/mol. The van der Waals surface area contributed by atoms with Crippen LogP contribution < -0.4 is 5.32 Å². The van der Waals surface area contributed by atoms with Gasteiger partial charge in [-0.2, -0.15) is 0 Å². The van der Waals surface area contributed by atoms with E-state index in [4.69, 9.17) is 27.7 Å². The normalized spacial score (nSPS) is 12.9. The largest absolute Gasteiger partial charge is 0.364 e. The molecule has 0 aliphatic rings. The first-order valence-electron chi connectivity index (χ1n) is 4.74. The van der Waals surface area contributed by atoms with Crippen molar-refractivity contribution in [2.24, 2.45) is 0 Å². The first-order chi connectivity index (χ1) is 7.66. The zero-order valence-corrected chi connectivity index (χ0v) is 10.9. The van der Waals surface area contributed by atoms with Crippen molar-refractivity contribution in [1.82, 2.24) is 10.5 Å². The molecule has 0 bridgehead atoms. The maximum Gasteiger partial charge on any atom is 0.124 e. The van der Waals surface area contributed by atoms with Gasteiger partial charge in [-0.25, -0.2) is 0 Å². The Bertz CT molecular complexity index is 455. The van der Waals surface area contributed by atoms with Crippen LogP contribution in [0.4, 0.5) is 0 Å². The number of nitrogens with zero attached hydrogens (tertiary/aromatic N) is 1. The number of nitrogens with one attached hydrogen (secondary N) is 1. The van der Waals surface area contributed by atoms with Gasteiger partial charge in [0.1, 0.15) is 6.26 Å². The van der Waals surface area contributed by atoms with Crippen molar-refractivity contribution >= 4 is 34.5 Å². The highest BCUT2D eigenvalue weighted by atomic mass is 35.5.